The number of halogens is 1. The van der Waals surface area contributed by atoms with Gasteiger partial charge in [0, 0.05) is 5.39 Å². The third kappa shape index (κ3) is 1.69. The van der Waals surface area contributed by atoms with E-state index in [0.717, 1.165) is 11.3 Å². The predicted octanol–water partition coefficient (Wildman–Crippen LogP) is 4.00. The molecule has 0 fully saturated rings. The van der Waals surface area contributed by atoms with Crippen molar-refractivity contribution in [1.29, 1.82) is 0 Å². The molecule has 0 spiro atoms. The highest BCUT2D eigenvalue weighted by Crippen LogP contribution is 2.33. The van der Waals surface area contributed by atoms with Crippen molar-refractivity contribution in [2.45, 2.75) is 0 Å². The topological polar surface area (TPSA) is 50.4 Å². The van der Waals surface area contributed by atoms with Gasteiger partial charge in [-0.3, -0.25) is 0 Å². The van der Waals surface area contributed by atoms with Gasteiger partial charge in [-0.25, -0.2) is 9.18 Å². The fraction of sp³-hybridized carbons (Fsp3) is 0. The zero-order valence-electron chi connectivity index (χ0n) is 9.01. The predicted molar refractivity (Wildman–Crippen MR) is 66.4 cm³/mol. The number of hydrogen-bond acceptors (Lipinski definition) is 3. The number of benzene rings is 1. The maximum absolute atomic E-state index is 13.5. The molecular weight excluding hydrogens is 255 g/mol. The molecule has 0 radical (unpaired) electrons. The Hall–Kier alpha value is -2.14. The van der Waals surface area contributed by atoms with E-state index in [1.807, 2.05) is 0 Å². The van der Waals surface area contributed by atoms with Gasteiger partial charge in [-0.05, 0) is 24.3 Å². The molecule has 1 aromatic carbocycles. The van der Waals surface area contributed by atoms with E-state index >= 15 is 0 Å². The van der Waals surface area contributed by atoms with Crippen LogP contribution < -0.4 is 0 Å². The van der Waals surface area contributed by atoms with Gasteiger partial charge in [0.2, 0.25) is 0 Å². The highest BCUT2D eigenvalue weighted by molar-refractivity contribution is 7.17. The average molecular weight is 262 g/mol. The third-order valence-corrected chi connectivity index (χ3v) is 3.64. The molecule has 2 heterocycles. The van der Waals surface area contributed by atoms with Crippen LogP contribution in [0.25, 0.3) is 21.6 Å². The number of para-hydroxylation sites is 1. The van der Waals surface area contributed by atoms with Crippen molar-refractivity contribution < 1.29 is 18.7 Å². The Morgan fingerprint density at radius 3 is 2.78 bits per heavy atom. The molecule has 0 amide bonds. The molecule has 0 aliphatic rings. The summed E-state index contributed by atoms with van der Waals surface area (Å²) in [5, 5.41) is 9.51. The van der Waals surface area contributed by atoms with Gasteiger partial charge in [0.05, 0.1) is 4.88 Å². The molecule has 1 N–H and O–H groups in total. The fourth-order valence-electron chi connectivity index (χ4n) is 1.73. The van der Waals surface area contributed by atoms with Crippen molar-refractivity contribution in [2.24, 2.45) is 0 Å². The molecule has 0 saturated heterocycles. The monoisotopic (exact) mass is 262 g/mol. The Kier molecular flexibility index (Phi) is 2.41. The normalized spacial score (nSPS) is 10.9. The summed E-state index contributed by atoms with van der Waals surface area (Å²) in [7, 11) is 0. The molecule has 0 aliphatic heterocycles. The number of carboxylic acids is 1. The first kappa shape index (κ1) is 11.0. The quantitative estimate of drug-likeness (QED) is 0.759. The standard InChI is InChI=1S/C13H7FO3S/c14-8-3-1-2-7-6-9(17-12(7)8)10-4-5-11(18-10)13(15)16/h1-6H,(H,15,16). The molecule has 2 aromatic heterocycles. The van der Waals surface area contributed by atoms with Crippen molar-refractivity contribution in [3.63, 3.8) is 0 Å². The maximum atomic E-state index is 13.5. The van der Waals surface area contributed by atoms with E-state index in [1.54, 1.807) is 24.3 Å². The van der Waals surface area contributed by atoms with Crippen molar-refractivity contribution >= 4 is 28.3 Å². The first-order valence-electron chi connectivity index (χ1n) is 5.17. The first-order chi connectivity index (χ1) is 8.65. The Labute approximate surface area is 105 Å². The van der Waals surface area contributed by atoms with Crippen LogP contribution in [0.5, 0.6) is 0 Å². The van der Waals surface area contributed by atoms with Crippen LogP contribution in [0.2, 0.25) is 0 Å². The van der Waals surface area contributed by atoms with E-state index in [4.69, 9.17) is 9.52 Å². The summed E-state index contributed by atoms with van der Waals surface area (Å²) in [6.07, 6.45) is 0. The molecule has 0 unspecified atom stereocenters. The Morgan fingerprint density at radius 1 is 1.28 bits per heavy atom. The molecule has 3 aromatic rings. The molecule has 90 valence electrons. The van der Waals surface area contributed by atoms with Crippen LogP contribution in [0.15, 0.2) is 40.8 Å². The van der Waals surface area contributed by atoms with Gasteiger partial charge >= 0.3 is 5.97 Å². The summed E-state index contributed by atoms with van der Waals surface area (Å²) in [5.41, 5.74) is 0.192. The highest BCUT2D eigenvalue weighted by Gasteiger charge is 2.13. The molecular formula is C13H7FO3S. The largest absolute Gasteiger partial charge is 0.477 e. The van der Waals surface area contributed by atoms with Crippen molar-refractivity contribution in [2.75, 3.05) is 0 Å². The molecule has 0 atom stereocenters. The highest BCUT2D eigenvalue weighted by atomic mass is 32.1. The Morgan fingerprint density at radius 2 is 2.11 bits per heavy atom. The SMILES string of the molecule is O=C(O)c1ccc(-c2cc3cccc(F)c3o2)s1. The summed E-state index contributed by atoms with van der Waals surface area (Å²) in [6, 6.07) is 9.55. The van der Waals surface area contributed by atoms with Crippen LogP contribution >= 0.6 is 11.3 Å². The van der Waals surface area contributed by atoms with Gasteiger partial charge < -0.3 is 9.52 Å². The van der Waals surface area contributed by atoms with Crippen LogP contribution in [-0.2, 0) is 0 Å². The lowest BCUT2D eigenvalue weighted by molar-refractivity contribution is 0.0702. The van der Waals surface area contributed by atoms with Crippen LogP contribution in [0.3, 0.4) is 0 Å². The van der Waals surface area contributed by atoms with Gasteiger partial charge in [-0.1, -0.05) is 12.1 Å². The number of hydrogen-bond donors (Lipinski definition) is 1. The van der Waals surface area contributed by atoms with Crippen molar-refractivity contribution in [3.8, 4) is 10.6 Å². The summed E-state index contributed by atoms with van der Waals surface area (Å²) >= 11 is 1.10. The lowest BCUT2D eigenvalue weighted by atomic mass is 10.2. The average Bonchev–Trinajstić information content (AvgIpc) is 2.95. The van der Waals surface area contributed by atoms with Crippen molar-refractivity contribution in [1.82, 2.24) is 0 Å². The number of thiophene rings is 1. The zero-order valence-corrected chi connectivity index (χ0v) is 9.83. The number of carbonyl (C=O) groups is 1. The van der Waals surface area contributed by atoms with Gasteiger partial charge in [0.1, 0.15) is 10.6 Å². The van der Waals surface area contributed by atoms with Gasteiger partial charge in [-0.2, -0.15) is 0 Å². The molecule has 5 heteroatoms. The van der Waals surface area contributed by atoms with E-state index in [2.05, 4.69) is 0 Å². The van der Waals surface area contributed by atoms with E-state index in [-0.39, 0.29) is 10.5 Å². The third-order valence-electron chi connectivity index (χ3n) is 2.56. The molecule has 3 rings (SSSR count). The summed E-state index contributed by atoms with van der Waals surface area (Å²) in [5.74, 6) is -0.921. The van der Waals surface area contributed by atoms with E-state index in [1.165, 1.54) is 12.1 Å². The number of carboxylic acid groups (broad SMARTS) is 1. The van der Waals surface area contributed by atoms with Gasteiger partial charge in [0.25, 0.3) is 0 Å². The molecule has 3 nitrogen and oxygen atoms in total. The second kappa shape index (κ2) is 3.96. The summed E-state index contributed by atoms with van der Waals surface area (Å²) in [6.45, 7) is 0. The number of rotatable bonds is 2. The fourth-order valence-corrected chi connectivity index (χ4v) is 2.53. The minimum atomic E-state index is -0.978. The smallest absolute Gasteiger partial charge is 0.345 e. The van der Waals surface area contributed by atoms with Crippen LogP contribution in [0.1, 0.15) is 9.67 Å². The minimum absolute atomic E-state index is 0.192. The molecule has 18 heavy (non-hydrogen) atoms. The molecule has 0 bridgehead atoms. The van der Waals surface area contributed by atoms with Gasteiger partial charge in [-0.15, -0.1) is 11.3 Å². The molecule has 0 saturated carbocycles. The number of furan rings is 1. The Bertz CT molecular complexity index is 742. The van der Waals surface area contributed by atoms with Crippen molar-refractivity contribution in [3.05, 3.63) is 47.1 Å². The summed E-state index contributed by atoms with van der Waals surface area (Å²) in [4.78, 5) is 11.7. The van der Waals surface area contributed by atoms with E-state index in [9.17, 15) is 9.18 Å². The van der Waals surface area contributed by atoms with Crippen LogP contribution in [0, 0.1) is 5.82 Å². The van der Waals surface area contributed by atoms with E-state index < -0.39 is 11.8 Å². The van der Waals surface area contributed by atoms with Gasteiger partial charge in [0.15, 0.2) is 11.4 Å². The van der Waals surface area contributed by atoms with Crippen LogP contribution in [0.4, 0.5) is 4.39 Å². The second-order valence-electron chi connectivity index (χ2n) is 3.74. The first-order valence-corrected chi connectivity index (χ1v) is 5.98. The Balaban J connectivity index is 2.13. The lowest BCUT2D eigenvalue weighted by Crippen LogP contribution is -1.89. The lowest BCUT2D eigenvalue weighted by Gasteiger charge is -1.89. The number of fused-ring (bicyclic) bond motifs is 1. The number of aromatic carboxylic acids is 1. The molecule has 0 aliphatic carbocycles. The van der Waals surface area contributed by atoms with E-state index in [0.29, 0.717) is 16.0 Å². The maximum Gasteiger partial charge on any atom is 0.345 e. The van der Waals surface area contributed by atoms with Crippen LogP contribution in [-0.4, -0.2) is 11.1 Å². The second-order valence-corrected chi connectivity index (χ2v) is 4.82. The zero-order chi connectivity index (χ0) is 12.7. The summed E-state index contributed by atoms with van der Waals surface area (Å²) < 4.78 is 18.9. The minimum Gasteiger partial charge on any atom is -0.477 e.